The van der Waals surface area contributed by atoms with Crippen molar-refractivity contribution in [2.24, 2.45) is 0 Å². The maximum Gasteiger partial charge on any atom is 0.137 e. The molecule has 0 fully saturated rings. The lowest BCUT2D eigenvalue weighted by atomic mass is 9.98. The van der Waals surface area contributed by atoms with Gasteiger partial charge in [0.25, 0.3) is 0 Å². The molecule has 4 aromatic heterocycles. The zero-order chi connectivity index (χ0) is 29.9. The van der Waals surface area contributed by atoms with Crippen molar-refractivity contribution in [2.75, 3.05) is 0 Å². The first-order valence-electron chi connectivity index (χ1n) is 15.5. The van der Waals surface area contributed by atoms with Gasteiger partial charge in [0.1, 0.15) is 11.2 Å². The van der Waals surface area contributed by atoms with Crippen LogP contribution in [0.4, 0.5) is 0 Å². The second-order valence-corrected chi connectivity index (χ2v) is 14.2. The molecule has 0 aliphatic rings. The molecule has 46 heavy (non-hydrogen) atoms. The number of aromatic nitrogens is 1. The number of hydrogen-bond donors (Lipinski definition) is 0. The average molecular weight is 622 g/mol. The number of fused-ring (bicyclic) bond motifs is 12. The van der Waals surface area contributed by atoms with Gasteiger partial charge in [0.2, 0.25) is 0 Å². The van der Waals surface area contributed by atoms with E-state index in [9.17, 15) is 0 Å². The molecule has 0 aliphatic heterocycles. The summed E-state index contributed by atoms with van der Waals surface area (Å²) in [6.07, 6.45) is 0. The van der Waals surface area contributed by atoms with Gasteiger partial charge in [0.15, 0.2) is 0 Å². The zero-order valence-electron chi connectivity index (χ0n) is 24.5. The zero-order valence-corrected chi connectivity index (χ0v) is 26.1. The smallest absolute Gasteiger partial charge is 0.137 e. The SMILES string of the molecule is c1ccc2c(c1)oc1cc3c(cc12)c1ccccc1n3-c1ccc2sc3c(-c4cccc5sc6ccccc6c45)cccc3c2c1. The number of furan rings is 1. The fraction of sp³-hybridized carbons (Fsp3) is 0. The number of para-hydroxylation sites is 2. The third-order valence-corrected chi connectivity index (χ3v) is 12.0. The van der Waals surface area contributed by atoms with Gasteiger partial charge in [-0.2, -0.15) is 0 Å². The van der Waals surface area contributed by atoms with Crippen LogP contribution in [0.15, 0.2) is 144 Å². The first-order chi connectivity index (χ1) is 22.8. The van der Waals surface area contributed by atoms with E-state index in [0.717, 1.165) is 33.1 Å². The van der Waals surface area contributed by atoms with Crippen LogP contribution in [0.2, 0.25) is 0 Å². The van der Waals surface area contributed by atoms with E-state index in [4.69, 9.17) is 4.42 Å². The third kappa shape index (κ3) is 3.30. The molecule has 0 saturated heterocycles. The maximum atomic E-state index is 6.36. The number of hydrogen-bond acceptors (Lipinski definition) is 3. The summed E-state index contributed by atoms with van der Waals surface area (Å²) in [6.45, 7) is 0. The van der Waals surface area contributed by atoms with Crippen molar-refractivity contribution >= 4 is 107 Å². The van der Waals surface area contributed by atoms with Crippen molar-refractivity contribution in [2.45, 2.75) is 0 Å². The Balaban J connectivity index is 1.17. The van der Waals surface area contributed by atoms with Crippen LogP contribution in [-0.2, 0) is 0 Å². The lowest BCUT2D eigenvalue weighted by molar-refractivity contribution is 0.669. The quantitative estimate of drug-likeness (QED) is 0.188. The van der Waals surface area contributed by atoms with Gasteiger partial charge in [-0.15, -0.1) is 22.7 Å². The Morgan fingerprint density at radius 1 is 0.413 bits per heavy atom. The van der Waals surface area contributed by atoms with Gasteiger partial charge in [-0.05, 0) is 54.1 Å². The van der Waals surface area contributed by atoms with Crippen molar-refractivity contribution in [3.63, 3.8) is 0 Å². The highest BCUT2D eigenvalue weighted by Gasteiger charge is 2.19. The molecule has 0 spiro atoms. The molecule has 214 valence electrons. The molecular weight excluding hydrogens is 599 g/mol. The molecule has 0 N–H and O–H groups in total. The van der Waals surface area contributed by atoms with Gasteiger partial charge in [0, 0.05) is 79.2 Å². The molecule has 4 heteroatoms. The molecule has 0 bridgehead atoms. The van der Waals surface area contributed by atoms with Crippen LogP contribution < -0.4 is 0 Å². The molecule has 0 aliphatic carbocycles. The molecule has 0 unspecified atom stereocenters. The largest absolute Gasteiger partial charge is 0.456 e. The van der Waals surface area contributed by atoms with Gasteiger partial charge in [-0.3, -0.25) is 0 Å². The van der Waals surface area contributed by atoms with Crippen LogP contribution >= 0.6 is 22.7 Å². The molecule has 2 nitrogen and oxygen atoms in total. The summed E-state index contributed by atoms with van der Waals surface area (Å²) in [5.74, 6) is 0. The number of rotatable bonds is 2. The van der Waals surface area contributed by atoms with Crippen LogP contribution in [0, 0.1) is 0 Å². The van der Waals surface area contributed by atoms with E-state index in [1.54, 1.807) is 0 Å². The van der Waals surface area contributed by atoms with Gasteiger partial charge < -0.3 is 8.98 Å². The Morgan fingerprint density at radius 2 is 1.15 bits per heavy atom. The Morgan fingerprint density at radius 3 is 2.11 bits per heavy atom. The molecule has 0 radical (unpaired) electrons. The summed E-state index contributed by atoms with van der Waals surface area (Å²) in [5, 5.41) is 10.1. The Hall–Kier alpha value is -5.42. The van der Waals surface area contributed by atoms with Crippen LogP contribution in [0.1, 0.15) is 0 Å². The van der Waals surface area contributed by atoms with Gasteiger partial charge in [-0.1, -0.05) is 84.9 Å². The summed E-state index contributed by atoms with van der Waals surface area (Å²) < 4.78 is 14.1. The van der Waals surface area contributed by atoms with E-state index in [1.165, 1.54) is 67.8 Å². The molecule has 0 atom stereocenters. The lowest BCUT2D eigenvalue weighted by Crippen LogP contribution is -1.93. The fourth-order valence-electron chi connectivity index (χ4n) is 7.60. The van der Waals surface area contributed by atoms with E-state index < -0.39 is 0 Å². The molecular formula is C42H23NOS2. The van der Waals surface area contributed by atoms with Crippen molar-refractivity contribution in [1.82, 2.24) is 4.57 Å². The average Bonchev–Trinajstić information content (AvgIpc) is 3.85. The second-order valence-electron chi connectivity index (χ2n) is 12.1. The Bertz CT molecular complexity index is 3040. The van der Waals surface area contributed by atoms with Crippen LogP contribution in [-0.4, -0.2) is 4.57 Å². The number of benzene rings is 7. The predicted octanol–water partition coefficient (Wildman–Crippen LogP) is 13.1. The molecule has 7 aromatic carbocycles. The fourth-order valence-corrected chi connectivity index (χ4v) is 9.95. The third-order valence-electron chi connectivity index (χ3n) is 9.60. The van der Waals surface area contributed by atoms with E-state index >= 15 is 0 Å². The van der Waals surface area contributed by atoms with Crippen LogP contribution in [0.5, 0.6) is 0 Å². The van der Waals surface area contributed by atoms with Gasteiger partial charge >= 0.3 is 0 Å². The van der Waals surface area contributed by atoms with Crippen LogP contribution in [0.3, 0.4) is 0 Å². The van der Waals surface area contributed by atoms with E-state index in [2.05, 4.69) is 138 Å². The summed E-state index contributed by atoms with van der Waals surface area (Å²) in [6, 6.07) is 50.9. The first-order valence-corrected chi connectivity index (χ1v) is 17.1. The predicted molar refractivity (Wildman–Crippen MR) is 199 cm³/mol. The van der Waals surface area contributed by atoms with E-state index in [-0.39, 0.29) is 0 Å². The molecule has 11 aromatic rings. The number of thiophene rings is 2. The monoisotopic (exact) mass is 621 g/mol. The summed E-state index contributed by atoms with van der Waals surface area (Å²) in [4.78, 5) is 0. The van der Waals surface area contributed by atoms with E-state index in [1.807, 2.05) is 28.7 Å². The summed E-state index contributed by atoms with van der Waals surface area (Å²) >= 11 is 3.77. The van der Waals surface area contributed by atoms with Gasteiger partial charge in [0.05, 0.1) is 11.0 Å². The standard InChI is InChI=1S/C42H23NOS2/c1-4-15-34-25(9-1)31-22-32-26-10-2-5-16-36(26)44-37(32)23-35(31)43(34)24-19-20-39-33(21-24)29-14-7-13-28(42(29)46-39)27-12-8-18-40-41(27)30-11-3-6-17-38(30)45-40/h1-23H. The Labute approximate surface area is 270 Å². The second kappa shape index (κ2) is 9.07. The molecule has 11 rings (SSSR count). The molecule has 4 heterocycles. The minimum atomic E-state index is 0.916. The normalized spacial score (nSPS) is 12.3. The topological polar surface area (TPSA) is 18.1 Å². The van der Waals surface area contributed by atoms with Crippen molar-refractivity contribution in [3.05, 3.63) is 140 Å². The molecule has 0 amide bonds. The maximum absolute atomic E-state index is 6.36. The highest BCUT2D eigenvalue weighted by molar-refractivity contribution is 7.26. The van der Waals surface area contributed by atoms with Gasteiger partial charge in [-0.25, -0.2) is 0 Å². The lowest BCUT2D eigenvalue weighted by Gasteiger charge is -2.09. The first kappa shape index (κ1) is 24.8. The highest BCUT2D eigenvalue weighted by atomic mass is 32.1. The van der Waals surface area contributed by atoms with Crippen molar-refractivity contribution in [1.29, 1.82) is 0 Å². The number of nitrogens with zero attached hydrogens (tertiary/aromatic N) is 1. The van der Waals surface area contributed by atoms with Crippen molar-refractivity contribution < 1.29 is 4.42 Å². The minimum Gasteiger partial charge on any atom is -0.456 e. The molecule has 0 saturated carbocycles. The van der Waals surface area contributed by atoms with Crippen molar-refractivity contribution in [3.8, 4) is 16.8 Å². The van der Waals surface area contributed by atoms with Crippen LogP contribution in [0.25, 0.3) is 101 Å². The summed E-state index contributed by atoms with van der Waals surface area (Å²) in [5.41, 5.74) is 7.97. The van der Waals surface area contributed by atoms with E-state index in [0.29, 0.717) is 0 Å². The highest BCUT2D eigenvalue weighted by Crippen LogP contribution is 2.46. The minimum absolute atomic E-state index is 0.916. The summed E-state index contributed by atoms with van der Waals surface area (Å²) in [7, 11) is 0. The Kier molecular flexibility index (Phi) is 4.90.